The van der Waals surface area contributed by atoms with Gasteiger partial charge in [-0.3, -0.25) is 0 Å². The third kappa shape index (κ3) is 7.45. The van der Waals surface area contributed by atoms with Crippen molar-refractivity contribution in [1.29, 1.82) is 0 Å². The smallest absolute Gasteiger partial charge is 0.0648 e. The maximum absolute atomic E-state index is 5.87. The average molecular weight is 349 g/mol. The Labute approximate surface area is 158 Å². The summed E-state index contributed by atoms with van der Waals surface area (Å²) in [6.45, 7) is 9.05. The highest BCUT2D eigenvalue weighted by atomic mass is 16.5. The molecule has 2 saturated carbocycles. The van der Waals surface area contributed by atoms with Crippen LogP contribution in [-0.2, 0) is 4.74 Å². The van der Waals surface area contributed by atoms with Crippen LogP contribution in [0.25, 0.3) is 0 Å². The van der Waals surface area contributed by atoms with E-state index in [1.54, 1.807) is 0 Å². The van der Waals surface area contributed by atoms with Gasteiger partial charge >= 0.3 is 0 Å². The molecule has 0 saturated heterocycles. The van der Waals surface area contributed by atoms with E-state index in [1.807, 2.05) is 6.08 Å². The molecule has 1 heteroatoms. The summed E-state index contributed by atoms with van der Waals surface area (Å²) in [7, 11) is 0. The van der Waals surface area contributed by atoms with Gasteiger partial charge in [0.2, 0.25) is 0 Å². The van der Waals surface area contributed by atoms with Gasteiger partial charge in [0, 0.05) is 0 Å². The van der Waals surface area contributed by atoms with E-state index in [0.717, 1.165) is 23.7 Å². The van der Waals surface area contributed by atoms with Gasteiger partial charge in [-0.1, -0.05) is 64.4 Å². The fourth-order valence-corrected chi connectivity index (χ4v) is 5.43. The molecule has 0 amide bonds. The zero-order chi connectivity index (χ0) is 17.9. The summed E-state index contributed by atoms with van der Waals surface area (Å²) >= 11 is 0. The first-order chi connectivity index (χ1) is 12.2. The molecular weight excluding hydrogens is 304 g/mol. The van der Waals surface area contributed by atoms with E-state index in [0.29, 0.717) is 12.7 Å². The van der Waals surface area contributed by atoms with E-state index in [-0.39, 0.29) is 0 Å². The van der Waals surface area contributed by atoms with Crippen molar-refractivity contribution >= 4 is 0 Å². The second kappa shape index (κ2) is 12.2. The quantitative estimate of drug-likeness (QED) is 0.276. The first-order valence-corrected chi connectivity index (χ1v) is 11.5. The van der Waals surface area contributed by atoms with Crippen LogP contribution in [0.2, 0.25) is 0 Å². The Morgan fingerprint density at radius 1 is 0.880 bits per heavy atom. The fourth-order valence-electron chi connectivity index (χ4n) is 5.43. The predicted octanol–water partition coefficient (Wildman–Crippen LogP) is 7.55. The van der Waals surface area contributed by atoms with Crippen molar-refractivity contribution in [2.24, 2.45) is 23.7 Å². The van der Waals surface area contributed by atoms with Crippen LogP contribution in [-0.4, -0.2) is 12.7 Å². The van der Waals surface area contributed by atoms with Gasteiger partial charge in [-0.05, 0) is 69.1 Å². The molecule has 2 fully saturated rings. The Morgan fingerprint density at radius 2 is 1.48 bits per heavy atom. The molecule has 0 spiro atoms. The van der Waals surface area contributed by atoms with Gasteiger partial charge in [-0.25, -0.2) is 0 Å². The molecule has 2 rings (SSSR count). The number of ether oxygens (including phenoxy) is 1. The normalized spacial score (nSPS) is 31.6. The third-order valence-electron chi connectivity index (χ3n) is 7.23. The van der Waals surface area contributed by atoms with Crippen LogP contribution in [0.3, 0.4) is 0 Å². The molecule has 0 bridgehead atoms. The summed E-state index contributed by atoms with van der Waals surface area (Å²) in [6.07, 6.45) is 22.8. The van der Waals surface area contributed by atoms with Crippen LogP contribution in [0, 0.1) is 23.7 Å². The minimum Gasteiger partial charge on any atom is -0.374 e. The molecule has 0 aliphatic heterocycles. The summed E-state index contributed by atoms with van der Waals surface area (Å²) in [5.74, 6) is 3.91. The highest BCUT2D eigenvalue weighted by Gasteiger charge is 2.32. The van der Waals surface area contributed by atoms with Gasteiger partial charge < -0.3 is 4.74 Å². The molecule has 25 heavy (non-hydrogen) atoms. The Hall–Kier alpha value is -0.300. The van der Waals surface area contributed by atoms with Gasteiger partial charge in [0.1, 0.15) is 0 Å². The fraction of sp³-hybridized carbons (Fsp3) is 0.917. The lowest BCUT2D eigenvalue weighted by Gasteiger charge is -2.39. The van der Waals surface area contributed by atoms with Crippen LogP contribution >= 0.6 is 0 Å². The number of hydrogen-bond donors (Lipinski definition) is 0. The molecule has 0 radical (unpaired) electrons. The lowest BCUT2D eigenvalue weighted by Crippen LogP contribution is -2.30. The van der Waals surface area contributed by atoms with Gasteiger partial charge in [-0.15, -0.1) is 6.58 Å². The first-order valence-electron chi connectivity index (χ1n) is 11.5. The van der Waals surface area contributed by atoms with Crippen molar-refractivity contribution in [1.82, 2.24) is 0 Å². The van der Waals surface area contributed by atoms with Crippen molar-refractivity contribution in [2.75, 3.05) is 6.61 Å². The van der Waals surface area contributed by atoms with Gasteiger partial charge in [0.25, 0.3) is 0 Å². The number of unbranched alkanes of at least 4 members (excludes halogenated alkanes) is 4. The largest absolute Gasteiger partial charge is 0.374 e. The number of hydrogen-bond acceptors (Lipinski definition) is 1. The van der Waals surface area contributed by atoms with Gasteiger partial charge in [-0.2, -0.15) is 0 Å². The van der Waals surface area contributed by atoms with Crippen molar-refractivity contribution < 1.29 is 4.74 Å². The van der Waals surface area contributed by atoms with E-state index in [9.17, 15) is 0 Å². The molecule has 0 aromatic carbocycles. The van der Waals surface area contributed by atoms with E-state index in [4.69, 9.17) is 4.74 Å². The summed E-state index contributed by atoms with van der Waals surface area (Å²) < 4.78 is 5.87. The van der Waals surface area contributed by atoms with Crippen molar-refractivity contribution in [3.63, 3.8) is 0 Å². The zero-order valence-corrected chi connectivity index (χ0v) is 17.2. The van der Waals surface area contributed by atoms with Crippen LogP contribution in [0.15, 0.2) is 12.7 Å². The Balaban J connectivity index is 1.58. The Morgan fingerprint density at radius 3 is 2.08 bits per heavy atom. The SMILES string of the molecule is C=CCOC(C)C1CCC(C2CCC(CCCCCCC)CC2)CC1. The van der Waals surface area contributed by atoms with E-state index < -0.39 is 0 Å². The van der Waals surface area contributed by atoms with Crippen molar-refractivity contribution in [2.45, 2.75) is 110 Å². The topological polar surface area (TPSA) is 9.23 Å². The van der Waals surface area contributed by atoms with Crippen molar-refractivity contribution in [3.8, 4) is 0 Å². The van der Waals surface area contributed by atoms with E-state index in [2.05, 4.69) is 20.4 Å². The predicted molar refractivity (Wildman–Crippen MR) is 110 cm³/mol. The third-order valence-corrected chi connectivity index (χ3v) is 7.23. The number of rotatable bonds is 11. The monoisotopic (exact) mass is 348 g/mol. The van der Waals surface area contributed by atoms with E-state index >= 15 is 0 Å². The summed E-state index contributed by atoms with van der Waals surface area (Å²) in [5.41, 5.74) is 0. The molecule has 0 aromatic heterocycles. The van der Waals surface area contributed by atoms with Crippen LogP contribution in [0.5, 0.6) is 0 Å². The minimum absolute atomic E-state index is 0.419. The summed E-state index contributed by atoms with van der Waals surface area (Å²) in [4.78, 5) is 0. The summed E-state index contributed by atoms with van der Waals surface area (Å²) in [5, 5.41) is 0. The molecule has 1 nitrogen and oxygen atoms in total. The van der Waals surface area contributed by atoms with Gasteiger partial charge in [0.15, 0.2) is 0 Å². The van der Waals surface area contributed by atoms with Gasteiger partial charge in [0.05, 0.1) is 12.7 Å². The molecule has 1 unspecified atom stereocenters. The van der Waals surface area contributed by atoms with Crippen LogP contribution in [0.1, 0.15) is 104 Å². The maximum Gasteiger partial charge on any atom is 0.0648 e. The standard InChI is InChI=1S/C24H44O/c1-4-6-7-8-9-10-21-11-13-23(14-12-21)24-17-15-22(16-18-24)20(3)25-19-5-2/h5,20-24H,2,4,6-19H2,1,3H3. The van der Waals surface area contributed by atoms with Crippen molar-refractivity contribution in [3.05, 3.63) is 12.7 Å². The second-order valence-electron chi connectivity index (χ2n) is 8.99. The molecule has 2 aliphatic rings. The first kappa shape index (κ1) is 21.0. The lowest BCUT2D eigenvalue weighted by molar-refractivity contribution is 0.0153. The maximum atomic E-state index is 5.87. The lowest BCUT2D eigenvalue weighted by atomic mass is 9.68. The van der Waals surface area contributed by atoms with Crippen LogP contribution < -0.4 is 0 Å². The second-order valence-corrected chi connectivity index (χ2v) is 8.99. The molecule has 1 atom stereocenters. The molecule has 0 heterocycles. The zero-order valence-electron chi connectivity index (χ0n) is 17.2. The highest BCUT2D eigenvalue weighted by molar-refractivity contribution is 4.84. The molecule has 0 aromatic rings. The average Bonchev–Trinajstić information content (AvgIpc) is 2.66. The molecule has 0 N–H and O–H groups in total. The van der Waals surface area contributed by atoms with Crippen LogP contribution in [0.4, 0.5) is 0 Å². The Kier molecular flexibility index (Phi) is 10.2. The highest BCUT2D eigenvalue weighted by Crippen LogP contribution is 2.43. The minimum atomic E-state index is 0.419. The summed E-state index contributed by atoms with van der Waals surface area (Å²) in [6, 6.07) is 0. The van der Waals surface area contributed by atoms with E-state index in [1.165, 1.54) is 89.9 Å². The molecular formula is C24H44O. The molecule has 2 aliphatic carbocycles. The molecule has 146 valence electrons. The Bertz CT molecular complexity index is 334.